The van der Waals surface area contributed by atoms with E-state index in [1.807, 2.05) is 11.8 Å². The third-order valence-corrected chi connectivity index (χ3v) is 7.89. The number of carbonyl (C=O) groups excluding carboxylic acids is 1. The maximum atomic E-state index is 14.0. The first-order valence-electron chi connectivity index (χ1n) is 11.1. The second-order valence-corrected chi connectivity index (χ2v) is 9.93. The summed E-state index contributed by atoms with van der Waals surface area (Å²) >= 11 is 1.44. The molecule has 2 aromatic rings. The van der Waals surface area contributed by atoms with Crippen LogP contribution in [0.4, 0.5) is 9.18 Å². The monoisotopic (exact) mass is 445 g/mol. The van der Waals surface area contributed by atoms with Gasteiger partial charge in [-0.15, -0.1) is 10.2 Å². The number of pyridine rings is 1. The van der Waals surface area contributed by atoms with E-state index in [4.69, 9.17) is 4.74 Å². The standard InChI is InChI=1S/C22H28FN5O2S/c1-2-30-21(29)28-12-22(13-28)6-3-17(10-22)27-7-4-15(5-8-27)18-9-16(23)11-24-19(18)20-26-25-14-31-20/h9,11,14-15,17H,2-8,10,12-13H2,1H3. The van der Waals surface area contributed by atoms with E-state index in [-0.39, 0.29) is 23.2 Å². The van der Waals surface area contributed by atoms with E-state index < -0.39 is 0 Å². The first kappa shape index (κ1) is 20.8. The van der Waals surface area contributed by atoms with Crippen molar-refractivity contribution in [1.29, 1.82) is 0 Å². The van der Waals surface area contributed by atoms with Crippen molar-refractivity contribution in [1.82, 2.24) is 25.0 Å². The zero-order valence-corrected chi connectivity index (χ0v) is 18.6. The Kier molecular flexibility index (Phi) is 5.64. The lowest BCUT2D eigenvalue weighted by Crippen LogP contribution is -2.58. The van der Waals surface area contributed by atoms with E-state index in [0.29, 0.717) is 12.6 Å². The zero-order chi connectivity index (χ0) is 21.4. The Bertz CT molecular complexity index is 926. The van der Waals surface area contributed by atoms with Crippen molar-refractivity contribution < 1.29 is 13.9 Å². The molecule has 31 heavy (non-hydrogen) atoms. The molecule has 2 aliphatic heterocycles. The number of hydrogen-bond donors (Lipinski definition) is 0. The van der Waals surface area contributed by atoms with E-state index in [2.05, 4.69) is 20.1 Å². The second kappa shape index (κ2) is 8.43. The molecule has 166 valence electrons. The van der Waals surface area contributed by atoms with Gasteiger partial charge in [0.1, 0.15) is 17.0 Å². The van der Waals surface area contributed by atoms with Gasteiger partial charge in [0.25, 0.3) is 0 Å². The van der Waals surface area contributed by atoms with Crippen LogP contribution in [0.3, 0.4) is 0 Å². The Morgan fingerprint density at radius 1 is 1.32 bits per heavy atom. The van der Waals surface area contributed by atoms with E-state index >= 15 is 0 Å². The highest BCUT2D eigenvalue weighted by Crippen LogP contribution is 2.48. The summed E-state index contributed by atoms with van der Waals surface area (Å²) in [6, 6.07) is 2.21. The van der Waals surface area contributed by atoms with Crippen LogP contribution in [0.25, 0.3) is 10.7 Å². The van der Waals surface area contributed by atoms with E-state index in [0.717, 1.165) is 61.7 Å². The fourth-order valence-corrected chi connectivity index (χ4v) is 6.25. The molecule has 3 aliphatic rings. The number of rotatable bonds is 4. The number of carbonyl (C=O) groups is 1. The maximum absolute atomic E-state index is 14.0. The highest BCUT2D eigenvalue weighted by molar-refractivity contribution is 7.12. The van der Waals surface area contributed by atoms with Gasteiger partial charge in [0.15, 0.2) is 5.01 Å². The number of hydrogen-bond acceptors (Lipinski definition) is 7. The van der Waals surface area contributed by atoms with Crippen molar-refractivity contribution in [3.05, 3.63) is 29.2 Å². The molecule has 1 saturated carbocycles. The van der Waals surface area contributed by atoms with Gasteiger partial charge < -0.3 is 14.5 Å². The van der Waals surface area contributed by atoms with Gasteiger partial charge in [-0.1, -0.05) is 11.3 Å². The molecule has 4 heterocycles. The lowest BCUT2D eigenvalue weighted by molar-refractivity contribution is -0.00360. The van der Waals surface area contributed by atoms with Crippen molar-refractivity contribution in [3.8, 4) is 10.7 Å². The van der Waals surface area contributed by atoms with Gasteiger partial charge in [-0.05, 0) is 69.7 Å². The molecule has 2 saturated heterocycles. The normalized spacial score (nSPS) is 23.8. The second-order valence-electron chi connectivity index (χ2n) is 9.10. The Morgan fingerprint density at radius 3 is 2.84 bits per heavy atom. The van der Waals surface area contributed by atoms with E-state index in [9.17, 15) is 9.18 Å². The van der Waals surface area contributed by atoms with Crippen molar-refractivity contribution in [3.63, 3.8) is 0 Å². The molecule has 1 amide bonds. The molecule has 1 aliphatic carbocycles. The minimum absolute atomic E-state index is 0.174. The number of nitrogens with zero attached hydrogens (tertiary/aromatic N) is 5. The third-order valence-electron chi connectivity index (χ3n) is 7.19. The summed E-state index contributed by atoms with van der Waals surface area (Å²) in [6.07, 6.45) is 6.62. The lowest BCUT2D eigenvalue weighted by Gasteiger charge is -2.48. The van der Waals surface area contributed by atoms with Crippen molar-refractivity contribution in [2.75, 3.05) is 32.8 Å². The van der Waals surface area contributed by atoms with Crippen molar-refractivity contribution >= 4 is 17.4 Å². The number of halogens is 1. The maximum Gasteiger partial charge on any atom is 0.409 e. The average molecular weight is 446 g/mol. The molecular weight excluding hydrogens is 417 g/mol. The third kappa shape index (κ3) is 4.05. The van der Waals surface area contributed by atoms with Crippen LogP contribution in [0, 0.1) is 11.2 Å². The summed E-state index contributed by atoms with van der Waals surface area (Å²) in [4.78, 5) is 20.7. The van der Waals surface area contributed by atoms with Crippen LogP contribution >= 0.6 is 11.3 Å². The average Bonchev–Trinajstić information content (AvgIpc) is 3.43. The topological polar surface area (TPSA) is 71.5 Å². The summed E-state index contributed by atoms with van der Waals surface area (Å²) < 4.78 is 19.1. The zero-order valence-electron chi connectivity index (χ0n) is 17.8. The molecule has 2 aromatic heterocycles. The number of amides is 1. The number of ether oxygens (including phenoxy) is 1. The smallest absolute Gasteiger partial charge is 0.409 e. The number of piperidine rings is 1. The Balaban J connectivity index is 1.19. The molecule has 1 atom stereocenters. The van der Waals surface area contributed by atoms with Crippen LogP contribution in [-0.4, -0.2) is 69.9 Å². The molecule has 0 radical (unpaired) electrons. The highest BCUT2D eigenvalue weighted by Gasteiger charge is 2.51. The van der Waals surface area contributed by atoms with E-state index in [1.165, 1.54) is 30.4 Å². The number of aromatic nitrogens is 3. The summed E-state index contributed by atoms with van der Waals surface area (Å²) in [6.45, 7) is 5.97. The van der Waals surface area contributed by atoms with Gasteiger partial charge in [-0.25, -0.2) is 9.18 Å². The summed E-state index contributed by atoms with van der Waals surface area (Å²) in [5, 5.41) is 8.82. The van der Waals surface area contributed by atoms with Gasteiger partial charge in [-0.3, -0.25) is 4.98 Å². The van der Waals surface area contributed by atoms with Crippen LogP contribution in [0.15, 0.2) is 17.8 Å². The minimum Gasteiger partial charge on any atom is -0.450 e. The predicted molar refractivity (Wildman–Crippen MR) is 115 cm³/mol. The van der Waals surface area contributed by atoms with Gasteiger partial charge in [0.2, 0.25) is 0 Å². The van der Waals surface area contributed by atoms with Crippen LogP contribution < -0.4 is 0 Å². The fraction of sp³-hybridized carbons (Fsp3) is 0.636. The minimum atomic E-state index is -0.292. The molecule has 0 N–H and O–H groups in total. The summed E-state index contributed by atoms with van der Waals surface area (Å²) in [5.74, 6) is -0.00344. The summed E-state index contributed by atoms with van der Waals surface area (Å²) in [5.41, 5.74) is 3.71. The molecule has 0 bridgehead atoms. The van der Waals surface area contributed by atoms with Crippen LogP contribution in [0.2, 0.25) is 0 Å². The van der Waals surface area contributed by atoms with Gasteiger partial charge >= 0.3 is 6.09 Å². The SMILES string of the molecule is CCOC(=O)N1CC2(CCC(N3CCC(c4cc(F)cnc4-c4nncs4)CC3)C2)C1. The number of likely N-dealkylation sites (tertiary alicyclic amines) is 2. The fourth-order valence-electron chi connectivity index (χ4n) is 5.68. The Labute approximate surface area is 185 Å². The van der Waals surface area contributed by atoms with Crippen molar-refractivity contribution in [2.24, 2.45) is 5.41 Å². The van der Waals surface area contributed by atoms with Gasteiger partial charge in [0, 0.05) is 24.5 Å². The highest BCUT2D eigenvalue weighted by atomic mass is 32.1. The Morgan fingerprint density at radius 2 is 2.13 bits per heavy atom. The van der Waals surface area contributed by atoms with Gasteiger partial charge in [0.05, 0.1) is 12.8 Å². The molecule has 7 nitrogen and oxygen atoms in total. The summed E-state index contributed by atoms with van der Waals surface area (Å²) in [7, 11) is 0. The Hall–Kier alpha value is -2.13. The molecule has 3 fully saturated rings. The van der Waals surface area contributed by atoms with Crippen LogP contribution in [-0.2, 0) is 4.74 Å². The lowest BCUT2D eigenvalue weighted by atomic mass is 9.78. The first-order valence-corrected chi connectivity index (χ1v) is 12.0. The first-order chi connectivity index (χ1) is 15.1. The molecule has 1 unspecified atom stereocenters. The van der Waals surface area contributed by atoms with Crippen LogP contribution in [0.1, 0.15) is 50.5 Å². The van der Waals surface area contributed by atoms with Crippen LogP contribution in [0.5, 0.6) is 0 Å². The van der Waals surface area contributed by atoms with E-state index in [1.54, 1.807) is 11.6 Å². The quantitative estimate of drug-likeness (QED) is 0.710. The molecule has 5 rings (SSSR count). The molecular formula is C22H28FN5O2S. The molecule has 0 aromatic carbocycles. The largest absolute Gasteiger partial charge is 0.450 e. The molecule has 1 spiro atoms. The molecule has 9 heteroatoms. The van der Waals surface area contributed by atoms with Crippen molar-refractivity contribution in [2.45, 2.75) is 51.0 Å². The van der Waals surface area contributed by atoms with Gasteiger partial charge in [-0.2, -0.15) is 0 Å². The predicted octanol–water partition coefficient (Wildman–Crippen LogP) is 3.93.